The number of furan rings is 3. The SMILES string of the molecule is C.C.C.C.C.Cc1ccc2c(n1)oc1c(N3CN(C)c4ccccc43)c(C)ccc12.Cc1ccc2c(oc3ccccc32)c1N1CN(C)c2ccccc21.Cc1ccccc1N1CC(C)(C)CC1(C)C.Cc1ccccc1N1CC2(CCCCC2)CC1(C)C.[2H]C([2H])([2H])N1C=CN(c2c(C)ccc3c2oc2ccccc23)C1. The van der Waals surface area contributed by atoms with Crippen molar-refractivity contribution in [3.63, 3.8) is 0 Å². The molecule has 13 aromatic rings. The lowest BCUT2D eigenvalue weighted by molar-refractivity contribution is 0.204. The topological polar surface area (TPSA) is 78.2 Å². The Morgan fingerprint density at radius 3 is 1.27 bits per heavy atom. The summed E-state index contributed by atoms with van der Waals surface area (Å²) in [7, 11) is 4.25. The summed E-state index contributed by atoms with van der Waals surface area (Å²) in [5.74, 6) is 0. The Labute approximate surface area is 656 Å². The quantitative estimate of drug-likeness (QED) is 0.165. The number of para-hydroxylation sites is 8. The van der Waals surface area contributed by atoms with Gasteiger partial charge in [0.25, 0.3) is 0 Å². The molecule has 1 aliphatic carbocycles. The summed E-state index contributed by atoms with van der Waals surface area (Å²) in [4.78, 5) is 22.3. The highest BCUT2D eigenvalue weighted by Crippen LogP contribution is 2.53. The fourth-order valence-electron chi connectivity index (χ4n) is 18.2. The molecule has 574 valence electrons. The van der Waals surface area contributed by atoms with Crippen LogP contribution in [0.5, 0.6) is 0 Å². The van der Waals surface area contributed by atoms with E-state index in [2.05, 4.69) is 263 Å². The molecule has 12 heteroatoms. The van der Waals surface area contributed by atoms with Crippen LogP contribution >= 0.6 is 0 Å². The first-order valence-electron chi connectivity index (χ1n) is 38.8. The first kappa shape index (κ1) is 76.9. The predicted molar refractivity (Wildman–Crippen MR) is 473 cm³/mol. The number of fused-ring (bicyclic) bond motifs is 11. The minimum atomic E-state index is -2.14. The molecule has 5 aliphatic heterocycles. The van der Waals surface area contributed by atoms with E-state index in [0.717, 1.165) is 92.0 Å². The van der Waals surface area contributed by atoms with Gasteiger partial charge in [0.15, 0.2) is 16.7 Å². The number of aryl methyl sites for hydroxylation is 6. The molecular formula is C97H123N9O3. The summed E-state index contributed by atoms with van der Waals surface area (Å²) >= 11 is 0. The maximum absolute atomic E-state index is 7.54. The van der Waals surface area contributed by atoms with E-state index in [1.54, 1.807) is 12.4 Å². The molecule has 0 radical (unpaired) electrons. The lowest BCUT2D eigenvalue weighted by Crippen LogP contribution is -2.38. The third-order valence-electron chi connectivity index (χ3n) is 22.7. The molecule has 4 aromatic heterocycles. The molecule has 0 unspecified atom stereocenters. The van der Waals surface area contributed by atoms with E-state index in [1.165, 1.54) is 129 Å². The largest absolute Gasteiger partial charge is 0.454 e. The number of hydrogen-bond donors (Lipinski definition) is 0. The van der Waals surface area contributed by atoms with Crippen LogP contribution in [0.15, 0.2) is 220 Å². The van der Waals surface area contributed by atoms with Gasteiger partial charge in [0.1, 0.15) is 11.2 Å². The van der Waals surface area contributed by atoms with Gasteiger partial charge in [0, 0.05) is 111 Å². The number of aromatic nitrogens is 1. The smallest absolute Gasteiger partial charge is 0.227 e. The Hall–Kier alpha value is -10.3. The monoisotopic (exact) mass is 1460 g/mol. The number of benzene rings is 9. The number of hydrogen-bond acceptors (Lipinski definition) is 12. The van der Waals surface area contributed by atoms with Crippen LogP contribution in [-0.2, 0) is 0 Å². The fraction of sp³-hybridized carbons (Fsp3) is 0.371. The van der Waals surface area contributed by atoms with Crippen LogP contribution in [0.3, 0.4) is 0 Å². The molecule has 0 atom stereocenters. The maximum Gasteiger partial charge on any atom is 0.227 e. The van der Waals surface area contributed by atoms with Gasteiger partial charge in [-0.05, 0) is 194 Å². The van der Waals surface area contributed by atoms with E-state index in [4.69, 9.17) is 17.4 Å². The fourth-order valence-corrected chi connectivity index (χ4v) is 18.2. The highest BCUT2D eigenvalue weighted by atomic mass is 16.3. The van der Waals surface area contributed by atoms with E-state index in [0.29, 0.717) is 22.1 Å². The molecule has 9 heterocycles. The standard InChI is InChI=1S/C21H19N3O.C21H18N2O.C18H27N.C17H16N2O.C15H23N.5CH4/c1-13-8-10-15-16-11-9-14(2)22-21(16)25-20(15)19(13)24-12-23(3)17-6-4-5-7-18(17)24;1-14-11-12-16-15-7-3-6-10-19(15)24-21(16)20(14)23-13-22(2)17-8-4-5-9-18(17)23;1-15-9-5-6-10-16(15)19-14-18(13-17(19,2)3)11-7-4-8-12-18;1-12-7-8-14-13-5-3-4-6-15(13)20-17(14)16(12)19-10-9-18(2)11-19;1-12-8-6-7-9-13(12)16-11-14(2,3)10-15(16,4)5;;;;;/h4-11H,12H2,1-3H3;3-12H,13H2,1-2H3;5-6,9-10H,4,7-8,11-14H2,1-3H3;3-10H,11H2,1-2H3;6-9H,10-11H2,1-5H3;5*1H4/i;;;2D3;;;;;;. The van der Waals surface area contributed by atoms with Gasteiger partial charge in [-0.1, -0.05) is 204 Å². The second kappa shape index (κ2) is 32.1. The summed E-state index contributed by atoms with van der Waals surface area (Å²) in [5.41, 5.74) is 25.0. The van der Waals surface area contributed by atoms with E-state index < -0.39 is 6.98 Å². The van der Waals surface area contributed by atoms with Crippen LogP contribution in [0.2, 0.25) is 0 Å². The van der Waals surface area contributed by atoms with Gasteiger partial charge >= 0.3 is 0 Å². The molecule has 12 nitrogen and oxygen atoms in total. The number of pyridine rings is 1. The molecule has 0 amide bonds. The van der Waals surface area contributed by atoms with E-state index >= 15 is 0 Å². The molecule has 0 bridgehead atoms. The molecule has 3 fully saturated rings. The molecule has 19 rings (SSSR count). The van der Waals surface area contributed by atoms with Gasteiger partial charge in [0.2, 0.25) is 5.71 Å². The van der Waals surface area contributed by atoms with Crippen molar-refractivity contribution < 1.29 is 17.4 Å². The van der Waals surface area contributed by atoms with Crippen molar-refractivity contribution in [3.05, 3.63) is 240 Å². The highest BCUT2D eigenvalue weighted by Gasteiger charge is 2.49. The first-order chi connectivity index (χ1) is 51.2. The number of rotatable bonds is 5. The van der Waals surface area contributed by atoms with Crippen molar-refractivity contribution in [2.45, 2.75) is 176 Å². The van der Waals surface area contributed by atoms with Crippen molar-refractivity contribution in [1.29, 1.82) is 0 Å². The van der Waals surface area contributed by atoms with Crippen LogP contribution in [0, 0.1) is 52.4 Å². The third kappa shape index (κ3) is 15.4. The van der Waals surface area contributed by atoms with Gasteiger partial charge in [-0.3, -0.25) is 0 Å². The van der Waals surface area contributed by atoms with Crippen LogP contribution < -0.4 is 34.3 Å². The first-order valence-corrected chi connectivity index (χ1v) is 37.3. The normalized spacial score (nSPS) is 17.1. The summed E-state index contributed by atoms with van der Waals surface area (Å²) in [6.07, 6.45) is 13.2. The Morgan fingerprint density at radius 2 is 0.789 bits per heavy atom. The molecule has 1 spiro atoms. The van der Waals surface area contributed by atoms with Crippen molar-refractivity contribution >= 4 is 117 Å². The third-order valence-corrected chi connectivity index (χ3v) is 22.7. The average Bonchev–Trinajstić information content (AvgIpc) is 1.61. The molecule has 9 aromatic carbocycles. The minimum Gasteiger partial charge on any atom is -0.454 e. The Kier molecular flexibility index (Phi) is 22.6. The van der Waals surface area contributed by atoms with Gasteiger partial charge < -0.3 is 52.5 Å². The minimum absolute atomic E-state index is 0. The maximum atomic E-state index is 7.54. The van der Waals surface area contributed by atoms with Crippen molar-refractivity contribution in [2.75, 3.05) is 88.5 Å². The van der Waals surface area contributed by atoms with Crippen molar-refractivity contribution in [2.24, 2.45) is 10.8 Å². The van der Waals surface area contributed by atoms with Gasteiger partial charge in [0.05, 0.1) is 59.8 Å². The molecule has 6 aliphatic rings. The zero-order valence-electron chi connectivity index (χ0n) is 66.4. The molecule has 2 saturated heterocycles. The average molecular weight is 1470 g/mol. The van der Waals surface area contributed by atoms with Crippen LogP contribution in [-0.4, -0.2) is 75.1 Å². The summed E-state index contributed by atoms with van der Waals surface area (Å²) < 4.78 is 41.2. The summed E-state index contributed by atoms with van der Waals surface area (Å²) in [6.45, 7) is 29.3. The highest BCUT2D eigenvalue weighted by molar-refractivity contribution is 6.12. The van der Waals surface area contributed by atoms with E-state index in [-0.39, 0.29) is 49.3 Å². The molecular weight excluding hydrogens is 1340 g/mol. The second-order valence-electron chi connectivity index (χ2n) is 32.3. The Bertz CT molecular complexity index is 5500. The molecule has 1 saturated carbocycles. The van der Waals surface area contributed by atoms with Gasteiger partial charge in [-0.25, -0.2) is 4.98 Å². The summed E-state index contributed by atoms with van der Waals surface area (Å²) in [5, 5.41) is 6.66. The van der Waals surface area contributed by atoms with E-state index in [9.17, 15) is 0 Å². The van der Waals surface area contributed by atoms with Gasteiger partial charge in [-0.15, -0.1) is 0 Å². The number of anilines is 9. The lowest BCUT2D eigenvalue weighted by Gasteiger charge is -2.35. The molecule has 0 N–H and O–H groups in total. The Morgan fingerprint density at radius 1 is 0.376 bits per heavy atom. The molecule has 109 heavy (non-hydrogen) atoms. The predicted octanol–water partition coefficient (Wildman–Crippen LogP) is 26.8. The van der Waals surface area contributed by atoms with Crippen LogP contribution in [0.1, 0.15) is 161 Å². The van der Waals surface area contributed by atoms with Crippen molar-refractivity contribution in [1.82, 2.24) is 9.88 Å². The lowest BCUT2D eigenvalue weighted by atomic mass is 9.71. The van der Waals surface area contributed by atoms with Gasteiger partial charge in [-0.2, -0.15) is 0 Å². The summed E-state index contributed by atoms with van der Waals surface area (Å²) in [6, 6.07) is 67.7. The number of nitrogens with zero attached hydrogens (tertiary/aromatic N) is 9. The van der Waals surface area contributed by atoms with Crippen molar-refractivity contribution in [3.8, 4) is 0 Å². The second-order valence-corrected chi connectivity index (χ2v) is 32.3. The zero-order valence-corrected chi connectivity index (χ0v) is 63.4. The zero-order chi connectivity index (χ0) is 75.1. The van der Waals surface area contributed by atoms with Crippen LogP contribution in [0.4, 0.5) is 51.2 Å². The van der Waals surface area contributed by atoms with Crippen LogP contribution in [0.25, 0.3) is 65.9 Å². The van der Waals surface area contributed by atoms with E-state index in [1.807, 2.05) is 67.3 Å². The Balaban J connectivity index is 0.000000148.